The summed E-state index contributed by atoms with van der Waals surface area (Å²) in [5, 5.41) is 0. The van der Waals surface area contributed by atoms with Crippen molar-refractivity contribution in [2.45, 2.75) is 33.6 Å². The lowest BCUT2D eigenvalue weighted by molar-refractivity contribution is 0.0781. The number of rotatable bonds is 3. The van der Waals surface area contributed by atoms with Gasteiger partial charge in [-0.05, 0) is 43.4 Å². The SMILES string of the molecule is CCc1sc(C(=O)N2CCC(C)(CN)C2)cc1C.Cl. The maximum atomic E-state index is 12.4. The molecule has 0 saturated carbocycles. The standard InChI is InChI=1S/C14H22N2OS.ClH/c1-4-11-10(2)7-12(18-11)13(17)16-6-5-14(3,8-15)9-16;/h7H,4-6,8-9,15H2,1-3H3;1H. The summed E-state index contributed by atoms with van der Waals surface area (Å²) in [6, 6.07) is 2.03. The molecule has 1 amide bonds. The molecule has 1 aromatic heterocycles. The summed E-state index contributed by atoms with van der Waals surface area (Å²) in [7, 11) is 0. The zero-order chi connectivity index (χ0) is 13.3. The molecule has 5 heteroatoms. The number of halogens is 1. The van der Waals surface area contributed by atoms with Crippen LogP contribution in [0.2, 0.25) is 0 Å². The van der Waals surface area contributed by atoms with Crippen LogP contribution in [0, 0.1) is 12.3 Å². The van der Waals surface area contributed by atoms with Gasteiger partial charge in [0.25, 0.3) is 5.91 Å². The van der Waals surface area contributed by atoms with Gasteiger partial charge >= 0.3 is 0 Å². The number of carbonyl (C=O) groups is 1. The second-order valence-corrected chi connectivity index (χ2v) is 6.70. The summed E-state index contributed by atoms with van der Waals surface area (Å²) >= 11 is 1.64. The average Bonchev–Trinajstić information content (AvgIpc) is 2.93. The fourth-order valence-corrected chi connectivity index (χ4v) is 3.58. The summed E-state index contributed by atoms with van der Waals surface area (Å²) in [5.74, 6) is 0.181. The molecule has 108 valence electrons. The number of thiophene rings is 1. The number of hydrogen-bond acceptors (Lipinski definition) is 3. The van der Waals surface area contributed by atoms with E-state index in [9.17, 15) is 4.79 Å². The van der Waals surface area contributed by atoms with Gasteiger partial charge in [0.1, 0.15) is 0 Å². The van der Waals surface area contributed by atoms with E-state index in [1.807, 2.05) is 11.0 Å². The third-order valence-corrected chi connectivity index (χ3v) is 5.26. The highest BCUT2D eigenvalue weighted by Crippen LogP contribution is 2.31. The molecule has 19 heavy (non-hydrogen) atoms. The predicted molar refractivity (Wildman–Crippen MR) is 83.4 cm³/mol. The molecule has 0 aromatic carbocycles. The summed E-state index contributed by atoms with van der Waals surface area (Å²) in [5.41, 5.74) is 7.13. The smallest absolute Gasteiger partial charge is 0.263 e. The lowest BCUT2D eigenvalue weighted by Crippen LogP contribution is -2.34. The third kappa shape index (κ3) is 3.30. The van der Waals surface area contributed by atoms with Crippen molar-refractivity contribution < 1.29 is 4.79 Å². The molecule has 0 spiro atoms. The third-order valence-electron chi connectivity index (χ3n) is 3.89. The molecule has 2 heterocycles. The van der Waals surface area contributed by atoms with Crippen LogP contribution < -0.4 is 5.73 Å². The van der Waals surface area contributed by atoms with E-state index in [1.54, 1.807) is 11.3 Å². The number of amides is 1. The molecule has 2 N–H and O–H groups in total. The Morgan fingerprint density at radius 2 is 2.26 bits per heavy atom. The van der Waals surface area contributed by atoms with E-state index in [0.717, 1.165) is 30.8 Å². The number of carbonyl (C=O) groups excluding carboxylic acids is 1. The van der Waals surface area contributed by atoms with Gasteiger partial charge in [0, 0.05) is 18.0 Å². The van der Waals surface area contributed by atoms with Crippen molar-refractivity contribution >= 4 is 29.7 Å². The van der Waals surface area contributed by atoms with E-state index in [2.05, 4.69) is 20.8 Å². The minimum absolute atomic E-state index is 0. The second-order valence-electron chi connectivity index (χ2n) is 5.56. The second kappa shape index (κ2) is 6.25. The Morgan fingerprint density at radius 3 is 2.74 bits per heavy atom. The summed E-state index contributed by atoms with van der Waals surface area (Å²) < 4.78 is 0. The van der Waals surface area contributed by atoms with E-state index < -0.39 is 0 Å². The van der Waals surface area contributed by atoms with Crippen molar-refractivity contribution in [3.63, 3.8) is 0 Å². The van der Waals surface area contributed by atoms with E-state index in [1.165, 1.54) is 10.4 Å². The van der Waals surface area contributed by atoms with Crippen molar-refractivity contribution in [2.75, 3.05) is 19.6 Å². The van der Waals surface area contributed by atoms with Crippen LogP contribution in [0.4, 0.5) is 0 Å². The molecule has 1 saturated heterocycles. The zero-order valence-electron chi connectivity index (χ0n) is 11.9. The number of likely N-dealkylation sites (tertiary alicyclic amines) is 1. The van der Waals surface area contributed by atoms with Crippen molar-refractivity contribution in [1.29, 1.82) is 0 Å². The van der Waals surface area contributed by atoms with Gasteiger partial charge in [-0.1, -0.05) is 13.8 Å². The Morgan fingerprint density at radius 1 is 1.58 bits per heavy atom. The first-order valence-corrected chi connectivity index (χ1v) is 7.39. The molecule has 2 rings (SSSR count). The molecule has 1 aliphatic heterocycles. The summed E-state index contributed by atoms with van der Waals surface area (Å²) in [4.78, 5) is 16.6. The molecular weight excluding hydrogens is 280 g/mol. The lowest BCUT2D eigenvalue weighted by Gasteiger charge is -2.22. The van der Waals surface area contributed by atoms with Gasteiger partial charge in [0.2, 0.25) is 0 Å². The number of aryl methyl sites for hydroxylation is 2. The van der Waals surface area contributed by atoms with E-state index in [4.69, 9.17) is 5.73 Å². The Labute approximate surface area is 125 Å². The molecule has 0 aliphatic carbocycles. The van der Waals surface area contributed by atoms with E-state index >= 15 is 0 Å². The fraction of sp³-hybridized carbons (Fsp3) is 0.643. The Bertz CT molecular complexity index is 460. The summed E-state index contributed by atoms with van der Waals surface area (Å²) in [6.45, 7) is 8.66. The van der Waals surface area contributed by atoms with Crippen LogP contribution in [0.25, 0.3) is 0 Å². The van der Waals surface area contributed by atoms with Crippen LogP contribution in [0.3, 0.4) is 0 Å². The van der Waals surface area contributed by atoms with Crippen molar-refractivity contribution in [3.05, 3.63) is 21.4 Å². The van der Waals surface area contributed by atoms with E-state index in [0.29, 0.717) is 6.54 Å². The Kier molecular flexibility index (Phi) is 5.42. The molecule has 1 aliphatic rings. The van der Waals surface area contributed by atoms with Crippen LogP contribution in [-0.4, -0.2) is 30.4 Å². The van der Waals surface area contributed by atoms with Crippen LogP contribution in [0.5, 0.6) is 0 Å². The molecule has 1 fully saturated rings. The highest BCUT2D eigenvalue weighted by molar-refractivity contribution is 7.14. The molecule has 1 aromatic rings. The maximum Gasteiger partial charge on any atom is 0.263 e. The quantitative estimate of drug-likeness (QED) is 0.933. The zero-order valence-corrected chi connectivity index (χ0v) is 13.5. The first-order chi connectivity index (χ1) is 8.49. The normalized spacial score (nSPS) is 22.4. The molecule has 1 atom stereocenters. The molecule has 3 nitrogen and oxygen atoms in total. The number of nitrogens with two attached hydrogens (primary N) is 1. The highest BCUT2D eigenvalue weighted by Gasteiger charge is 2.35. The number of hydrogen-bond donors (Lipinski definition) is 1. The average molecular weight is 303 g/mol. The minimum atomic E-state index is 0. The first-order valence-electron chi connectivity index (χ1n) is 6.58. The van der Waals surface area contributed by atoms with Crippen LogP contribution in [0.15, 0.2) is 6.07 Å². The molecule has 1 unspecified atom stereocenters. The van der Waals surface area contributed by atoms with Gasteiger partial charge in [0.15, 0.2) is 0 Å². The van der Waals surface area contributed by atoms with Crippen molar-refractivity contribution in [2.24, 2.45) is 11.1 Å². The van der Waals surface area contributed by atoms with Gasteiger partial charge in [-0.2, -0.15) is 0 Å². The van der Waals surface area contributed by atoms with Crippen molar-refractivity contribution in [1.82, 2.24) is 4.90 Å². The minimum Gasteiger partial charge on any atom is -0.337 e. The molecule has 0 radical (unpaired) electrons. The fourth-order valence-electron chi connectivity index (χ4n) is 2.50. The van der Waals surface area contributed by atoms with Gasteiger partial charge < -0.3 is 10.6 Å². The largest absolute Gasteiger partial charge is 0.337 e. The molecule has 0 bridgehead atoms. The highest BCUT2D eigenvalue weighted by atomic mass is 35.5. The Balaban J connectivity index is 0.00000180. The van der Waals surface area contributed by atoms with Crippen molar-refractivity contribution in [3.8, 4) is 0 Å². The van der Waals surface area contributed by atoms with Crippen LogP contribution in [0.1, 0.15) is 40.4 Å². The van der Waals surface area contributed by atoms with Gasteiger partial charge in [-0.3, -0.25) is 4.79 Å². The monoisotopic (exact) mass is 302 g/mol. The van der Waals surface area contributed by atoms with Crippen LogP contribution in [-0.2, 0) is 6.42 Å². The molecular formula is C14H23ClN2OS. The summed E-state index contributed by atoms with van der Waals surface area (Å²) in [6.07, 6.45) is 2.02. The predicted octanol–water partition coefficient (Wildman–Crippen LogP) is 2.85. The van der Waals surface area contributed by atoms with E-state index in [-0.39, 0.29) is 23.7 Å². The first kappa shape index (κ1) is 16.5. The van der Waals surface area contributed by atoms with Gasteiger partial charge in [-0.25, -0.2) is 0 Å². The van der Waals surface area contributed by atoms with Gasteiger partial charge in [-0.15, -0.1) is 23.7 Å². The lowest BCUT2D eigenvalue weighted by atomic mass is 9.90. The number of nitrogens with zero attached hydrogens (tertiary/aromatic N) is 1. The topological polar surface area (TPSA) is 46.3 Å². The van der Waals surface area contributed by atoms with Gasteiger partial charge in [0.05, 0.1) is 4.88 Å². The van der Waals surface area contributed by atoms with Crippen LogP contribution >= 0.6 is 23.7 Å². The Hall–Kier alpha value is -0.580. The maximum absolute atomic E-state index is 12.4.